The summed E-state index contributed by atoms with van der Waals surface area (Å²) in [4.78, 5) is 18.6. The summed E-state index contributed by atoms with van der Waals surface area (Å²) in [6.07, 6.45) is 1.61. The molecule has 2 N–H and O–H groups in total. The van der Waals surface area contributed by atoms with E-state index < -0.39 is 5.92 Å². The monoisotopic (exact) mass is 354 g/mol. The normalized spacial score (nSPS) is 17.4. The van der Waals surface area contributed by atoms with Crippen LogP contribution in [0, 0.1) is 5.82 Å². The Morgan fingerprint density at radius 1 is 1.27 bits per heavy atom. The van der Waals surface area contributed by atoms with Crippen LogP contribution in [0.1, 0.15) is 18.4 Å². The van der Waals surface area contributed by atoms with E-state index in [9.17, 15) is 9.18 Å². The smallest absolute Gasteiger partial charge is 0.237 e. The van der Waals surface area contributed by atoms with Gasteiger partial charge in [0.05, 0.1) is 5.69 Å². The first-order valence-corrected chi connectivity index (χ1v) is 8.58. The van der Waals surface area contributed by atoms with Gasteiger partial charge in [-0.3, -0.25) is 9.79 Å². The Morgan fingerprint density at radius 3 is 2.69 bits per heavy atom. The fraction of sp³-hybridized carbons (Fsp3) is 0.300. The van der Waals surface area contributed by atoms with E-state index in [0.717, 1.165) is 23.5 Å². The van der Waals surface area contributed by atoms with E-state index in [-0.39, 0.29) is 11.7 Å². The lowest BCUT2D eigenvalue weighted by atomic mass is 10.0. The quantitative estimate of drug-likeness (QED) is 0.779. The zero-order valence-corrected chi connectivity index (χ0v) is 15.2. The lowest BCUT2D eigenvalue weighted by molar-refractivity contribution is -0.115. The number of fused-ring (bicyclic) bond motifs is 1. The van der Waals surface area contributed by atoms with Crippen LogP contribution in [0.15, 0.2) is 47.5 Å². The van der Waals surface area contributed by atoms with Crippen molar-refractivity contribution in [2.75, 3.05) is 31.3 Å². The fourth-order valence-electron chi connectivity index (χ4n) is 3.09. The van der Waals surface area contributed by atoms with E-state index in [1.165, 1.54) is 12.1 Å². The Kier molecular flexibility index (Phi) is 5.32. The topological polar surface area (TPSA) is 56.7 Å². The van der Waals surface area contributed by atoms with E-state index >= 15 is 0 Å². The number of benzene rings is 2. The van der Waals surface area contributed by atoms with E-state index in [4.69, 9.17) is 0 Å². The average molecular weight is 354 g/mol. The molecule has 1 aliphatic heterocycles. The molecule has 6 heteroatoms. The van der Waals surface area contributed by atoms with Crippen molar-refractivity contribution in [2.24, 2.45) is 4.99 Å². The maximum absolute atomic E-state index is 13.3. The Morgan fingerprint density at radius 2 is 2.00 bits per heavy atom. The SMILES string of the molecule is CC(CN(C)C)Nc1ccc(N=CC2C(=O)Nc3cc(F)ccc32)cc1. The van der Waals surface area contributed by atoms with Gasteiger partial charge in [-0.25, -0.2) is 4.39 Å². The Bertz CT molecular complexity index is 817. The van der Waals surface area contributed by atoms with E-state index in [2.05, 4.69) is 27.4 Å². The van der Waals surface area contributed by atoms with E-state index in [1.807, 2.05) is 38.4 Å². The molecule has 2 unspecified atom stereocenters. The second-order valence-electron chi connectivity index (χ2n) is 6.83. The molecule has 0 spiro atoms. The molecule has 0 radical (unpaired) electrons. The maximum Gasteiger partial charge on any atom is 0.237 e. The Hall–Kier alpha value is -2.73. The second-order valence-corrected chi connectivity index (χ2v) is 6.83. The van der Waals surface area contributed by atoms with Crippen molar-refractivity contribution < 1.29 is 9.18 Å². The molecule has 2 aromatic rings. The van der Waals surface area contributed by atoms with Gasteiger partial charge in [0, 0.05) is 30.2 Å². The molecule has 2 atom stereocenters. The molecule has 3 rings (SSSR count). The maximum atomic E-state index is 13.3. The molecule has 136 valence electrons. The molecular formula is C20H23FN4O. The molecule has 1 aliphatic rings. The molecule has 2 aromatic carbocycles. The predicted molar refractivity (Wildman–Crippen MR) is 104 cm³/mol. The van der Waals surface area contributed by atoms with Crippen molar-refractivity contribution in [3.05, 3.63) is 53.8 Å². The zero-order valence-electron chi connectivity index (χ0n) is 15.2. The van der Waals surface area contributed by atoms with Crippen LogP contribution in [0.2, 0.25) is 0 Å². The number of carbonyl (C=O) groups excluding carboxylic acids is 1. The molecule has 26 heavy (non-hydrogen) atoms. The van der Waals surface area contributed by atoms with Crippen LogP contribution in [0.4, 0.5) is 21.5 Å². The summed E-state index contributed by atoms with van der Waals surface area (Å²) in [5.74, 6) is -1.05. The summed E-state index contributed by atoms with van der Waals surface area (Å²) in [5, 5.41) is 6.12. The predicted octanol–water partition coefficient (Wildman–Crippen LogP) is 3.63. The zero-order chi connectivity index (χ0) is 18.7. The van der Waals surface area contributed by atoms with E-state index in [0.29, 0.717) is 11.7 Å². The summed E-state index contributed by atoms with van der Waals surface area (Å²) in [6, 6.07) is 12.4. The van der Waals surface area contributed by atoms with Crippen LogP contribution >= 0.6 is 0 Å². The number of hydrogen-bond donors (Lipinski definition) is 2. The lowest BCUT2D eigenvalue weighted by Gasteiger charge is -2.19. The number of carbonyl (C=O) groups is 1. The van der Waals surface area contributed by atoms with Gasteiger partial charge in [-0.15, -0.1) is 0 Å². The molecule has 0 saturated heterocycles. The molecule has 1 heterocycles. The number of rotatable bonds is 6. The van der Waals surface area contributed by atoms with Crippen molar-refractivity contribution in [3.63, 3.8) is 0 Å². The molecular weight excluding hydrogens is 331 g/mol. The molecule has 1 amide bonds. The standard InChI is InChI=1S/C20H23FN4O/c1-13(12-25(2)3)23-16-7-5-15(6-8-16)22-11-18-17-9-4-14(21)10-19(17)24-20(18)26/h4-11,13,18,23H,12H2,1-3H3,(H,24,26). The second kappa shape index (κ2) is 7.66. The Labute approximate surface area is 152 Å². The first-order chi connectivity index (χ1) is 12.4. The number of amides is 1. The van der Waals surface area contributed by atoms with Crippen LogP contribution in [0.25, 0.3) is 0 Å². The minimum atomic E-state index is -0.497. The van der Waals surface area contributed by atoms with Gasteiger partial charge in [-0.1, -0.05) is 6.07 Å². The third-order valence-electron chi connectivity index (χ3n) is 4.18. The largest absolute Gasteiger partial charge is 0.381 e. The number of nitrogens with zero attached hydrogens (tertiary/aromatic N) is 2. The highest BCUT2D eigenvalue weighted by atomic mass is 19.1. The van der Waals surface area contributed by atoms with Crippen LogP contribution in [0.5, 0.6) is 0 Å². The highest BCUT2D eigenvalue weighted by Gasteiger charge is 2.29. The van der Waals surface area contributed by atoms with Crippen molar-refractivity contribution in [1.29, 1.82) is 0 Å². The van der Waals surface area contributed by atoms with Crippen LogP contribution in [0.3, 0.4) is 0 Å². The highest BCUT2D eigenvalue weighted by Crippen LogP contribution is 2.32. The average Bonchev–Trinajstić information content (AvgIpc) is 2.87. The van der Waals surface area contributed by atoms with Crippen molar-refractivity contribution >= 4 is 29.2 Å². The van der Waals surface area contributed by atoms with Crippen LogP contribution in [-0.4, -0.2) is 43.7 Å². The molecule has 0 fully saturated rings. The summed E-state index contributed by atoms with van der Waals surface area (Å²) in [7, 11) is 4.09. The third-order valence-corrected chi connectivity index (χ3v) is 4.18. The minimum absolute atomic E-state index is 0.190. The van der Waals surface area contributed by atoms with Crippen molar-refractivity contribution in [2.45, 2.75) is 18.9 Å². The molecule has 5 nitrogen and oxygen atoms in total. The van der Waals surface area contributed by atoms with E-state index in [1.54, 1.807) is 12.3 Å². The Balaban J connectivity index is 1.67. The fourth-order valence-corrected chi connectivity index (χ4v) is 3.09. The number of aliphatic imine (C=N–C) groups is 1. The molecule has 0 saturated carbocycles. The molecule has 0 bridgehead atoms. The van der Waals surface area contributed by atoms with Gasteiger partial charge in [-0.05, 0) is 63.0 Å². The molecule has 0 aromatic heterocycles. The summed E-state index contributed by atoms with van der Waals surface area (Å²) in [5.41, 5.74) is 3.05. The third kappa shape index (κ3) is 4.26. The summed E-state index contributed by atoms with van der Waals surface area (Å²) in [6.45, 7) is 3.07. The number of anilines is 2. The van der Waals surface area contributed by atoms with Crippen molar-refractivity contribution in [1.82, 2.24) is 4.90 Å². The van der Waals surface area contributed by atoms with Gasteiger partial charge in [-0.2, -0.15) is 0 Å². The van der Waals surface area contributed by atoms with Gasteiger partial charge < -0.3 is 15.5 Å². The van der Waals surface area contributed by atoms with Gasteiger partial charge in [0.25, 0.3) is 0 Å². The van der Waals surface area contributed by atoms with Crippen LogP contribution < -0.4 is 10.6 Å². The van der Waals surface area contributed by atoms with Gasteiger partial charge in [0.1, 0.15) is 11.7 Å². The van der Waals surface area contributed by atoms with Crippen LogP contribution in [-0.2, 0) is 4.79 Å². The molecule has 0 aliphatic carbocycles. The number of likely N-dealkylation sites (N-methyl/N-ethyl adjacent to an activating group) is 1. The minimum Gasteiger partial charge on any atom is -0.381 e. The first kappa shape index (κ1) is 18.1. The highest BCUT2D eigenvalue weighted by molar-refractivity contribution is 6.12. The van der Waals surface area contributed by atoms with Crippen molar-refractivity contribution in [3.8, 4) is 0 Å². The van der Waals surface area contributed by atoms with Gasteiger partial charge in [0.2, 0.25) is 5.91 Å². The van der Waals surface area contributed by atoms with Gasteiger partial charge in [0.15, 0.2) is 0 Å². The summed E-state index contributed by atoms with van der Waals surface area (Å²) < 4.78 is 13.3. The summed E-state index contributed by atoms with van der Waals surface area (Å²) >= 11 is 0. The number of nitrogens with one attached hydrogen (secondary N) is 2. The lowest BCUT2D eigenvalue weighted by Crippen LogP contribution is -2.29. The number of halogens is 1. The number of hydrogen-bond acceptors (Lipinski definition) is 4. The van der Waals surface area contributed by atoms with Gasteiger partial charge >= 0.3 is 0 Å². The first-order valence-electron chi connectivity index (χ1n) is 8.58.